The van der Waals surface area contributed by atoms with E-state index in [1.165, 1.54) is 17.4 Å². The van der Waals surface area contributed by atoms with E-state index in [4.69, 9.17) is 16.3 Å². The van der Waals surface area contributed by atoms with Crippen LogP contribution < -0.4 is 4.74 Å². The van der Waals surface area contributed by atoms with Crippen LogP contribution in [0, 0.1) is 12.7 Å². The van der Waals surface area contributed by atoms with Crippen molar-refractivity contribution in [3.63, 3.8) is 0 Å². The smallest absolute Gasteiger partial charge is 0.138 e. The molecule has 114 valence electrons. The summed E-state index contributed by atoms with van der Waals surface area (Å²) in [7, 11) is 0. The van der Waals surface area contributed by atoms with Crippen LogP contribution in [-0.4, -0.2) is 5.88 Å². The molecule has 0 amide bonds. The Hall–Kier alpha value is -1.58. The largest absolute Gasteiger partial charge is 0.484 e. The van der Waals surface area contributed by atoms with Gasteiger partial charge in [0, 0.05) is 17.7 Å². The third kappa shape index (κ3) is 2.96. The van der Waals surface area contributed by atoms with Crippen molar-refractivity contribution >= 4 is 33.0 Å². The molecular formula is C18H16ClFOS. The summed E-state index contributed by atoms with van der Waals surface area (Å²) in [6, 6.07) is 13.2. The second-order valence-corrected chi connectivity index (χ2v) is 6.42. The van der Waals surface area contributed by atoms with Crippen molar-refractivity contribution in [2.45, 2.75) is 19.4 Å². The van der Waals surface area contributed by atoms with E-state index in [-0.39, 0.29) is 11.9 Å². The number of halogens is 2. The Kier molecular flexibility index (Phi) is 4.65. The normalized spacial score (nSPS) is 12.5. The van der Waals surface area contributed by atoms with E-state index in [9.17, 15) is 4.39 Å². The Labute approximate surface area is 138 Å². The molecule has 1 aromatic heterocycles. The lowest BCUT2D eigenvalue weighted by Gasteiger charge is -2.19. The van der Waals surface area contributed by atoms with Crippen LogP contribution >= 0.6 is 22.9 Å². The molecule has 0 aliphatic rings. The first-order chi connectivity index (χ1) is 10.7. The van der Waals surface area contributed by atoms with Gasteiger partial charge in [-0.15, -0.1) is 22.9 Å². The molecule has 4 heteroatoms. The van der Waals surface area contributed by atoms with Crippen LogP contribution in [0.4, 0.5) is 4.39 Å². The SMILES string of the molecule is Cc1csc2c(O[C@@H](CCCl)c3ccccc3)ccc(F)c12. The highest BCUT2D eigenvalue weighted by molar-refractivity contribution is 7.17. The van der Waals surface area contributed by atoms with Crippen LogP contribution in [-0.2, 0) is 0 Å². The number of fused-ring (bicyclic) bond motifs is 1. The summed E-state index contributed by atoms with van der Waals surface area (Å²) >= 11 is 7.43. The Balaban J connectivity index is 1.98. The second-order valence-electron chi connectivity index (χ2n) is 5.16. The van der Waals surface area contributed by atoms with Gasteiger partial charge in [0.1, 0.15) is 17.7 Å². The van der Waals surface area contributed by atoms with E-state index in [2.05, 4.69) is 0 Å². The van der Waals surface area contributed by atoms with Gasteiger partial charge in [0.15, 0.2) is 0 Å². The molecule has 1 nitrogen and oxygen atoms in total. The molecule has 0 radical (unpaired) electrons. The number of hydrogen-bond acceptors (Lipinski definition) is 2. The van der Waals surface area contributed by atoms with E-state index in [0.717, 1.165) is 15.8 Å². The van der Waals surface area contributed by atoms with E-state index in [1.807, 2.05) is 42.6 Å². The summed E-state index contributed by atoms with van der Waals surface area (Å²) in [5.74, 6) is 1.02. The summed E-state index contributed by atoms with van der Waals surface area (Å²) in [6.45, 7) is 1.92. The molecule has 0 fully saturated rings. The van der Waals surface area contributed by atoms with Gasteiger partial charge >= 0.3 is 0 Å². The minimum Gasteiger partial charge on any atom is -0.484 e. The van der Waals surface area contributed by atoms with Crippen molar-refractivity contribution in [3.05, 3.63) is 64.8 Å². The van der Waals surface area contributed by atoms with Crippen molar-refractivity contribution in [3.8, 4) is 5.75 Å². The van der Waals surface area contributed by atoms with Crippen molar-refractivity contribution in [2.24, 2.45) is 0 Å². The number of rotatable bonds is 5. The Morgan fingerprint density at radius 3 is 2.68 bits per heavy atom. The standard InChI is InChI=1S/C18H16ClFOS/c1-12-11-22-18-16(8-7-14(20)17(12)18)21-15(9-10-19)13-5-3-2-4-6-13/h2-8,11,15H,9-10H2,1H3/t15-/m0/s1. The number of alkyl halides is 1. The highest BCUT2D eigenvalue weighted by atomic mass is 35.5. The van der Waals surface area contributed by atoms with Gasteiger partial charge in [-0.05, 0) is 35.6 Å². The topological polar surface area (TPSA) is 9.23 Å². The van der Waals surface area contributed by atoms with Crippen molar-refractivity contribution in [2.75, 3.05) is 5.88 Å². The molecule has 0 aliphatic carbocycles. The van der Waals surface area contributed by atoms with Crippen LogP contribution in [0.3, 0.4) is 0 Å². The summed E-state index contributed by atoms with van der Waals surface area (Å²) < 4.78 is 21.0. The molecule has 0 unspecified atom stereocenters. The number of benzene rings is 2. The predicted octanol–water partition coefficient (Wildman–Crippen LogP) is 6.10. The summed E-state index contributed by atoms with van der Waals surface area (Å²) in [4.78, 5) is 0. The third-order valence-corrected chi connectivity index (χ3v) is 4.96. The fourth-order valence-electron chi connectivity index (χ4n) is 2.54. The monoisotopic (exact) mass is 334 g/mol. The Morgan fingerprint density at radius 2 is 1.95 bits per heavy atom. The zero-order chi connectivity index (χ0) is 15.5. The van der Waals surface area contributed by atoms with Crippen molar-refractivity contribution in [1.82, 2.24) is 0 Å². The quantitative estimate of drug-likeness (QED) is 0.512. The van der Waals surface area contributed by atoms with Gasteiger partial charge in [0.05, 0.1) is 4.70 Å². The first kappa shape index (κ1) is 15.3. The third-order valence-electron chi connectivity index (χ3n) is 3.63. The van der Waals surface area contributed by atoms with Crippen LogP contribution in [0.2, 0.25) is 0 Å². The number of thiophene rings is 1. The minimum atomic E-state index is -0.199. The van der Waals surface area contributed by atoms with Crippen LogP contribution in [0.15, 0.2) is 47.8 Å². The van der Waals surface area contributed by atoms with E-state index in [0.29, 0.717) is 23.4 Å². The van der Waals surface area contributed by atoms with E-state index in [1.54, 1.807) is 6.07 Å². The molecule has 0 saturated carbocycles. The van der Waals surface area contributed by atoms with E-state index >= 15 is 0 Å². The molecule has 22 heavy (non-hydrogen) atoms. The van der Waals surface area contributed by atoms with Gasteiger partial charge in [-0.25, -0.2) is 4.39 Å². The zero-order valence-electron chi connectivity index (χ0n) is 12.2. The molecular weight excluding hydrogens is 319 g/mol. The molecule has 0 saturated heterocycles. The Morgan fingerprint density at radius 1 is 1.18 bits per heavy atom. The molecule has 0 aliphatic heterocycles. The molecule has 0 bridgehead atoms. The van der Waals surface area contributed by atoms with Crippen molar-refractivity contribution in [1.29, 1.82) is 0 Å². The summed E-state index contributed by atoms with van der Waals surface area (Å²) in [5.41, 5.74) is 2.02. The molecule has 0 N–H and O–H groups in total. The lowest BCUT2D eigenvalue weighted by molar-refractivity contribution is 0.205. The average Bonchev–Trinajstić information content (AvgIpc) is 2.93. The first-order valence-electron chi connectivity index (χ1n) is 7.14. The molecule has 0 spiro atoms. The fraction of sp³-hybridized carbons (Fsp3) is 0.222. The highest BCUT2D eigenvalue weighted by Gasteiger charge is 2.17. The van der Waals surface area contributed by atoms with Crippen LogP contribution in [0.25, 0.3) is 10.1 Å². The molecule has 3 aromatic rings. The number of aryl methyl sites for hydroxylation is 1. The molecule has 2 aromatic carbocycles. The number of hydrogen-bond donors (Lipinski definition) is 0. The second kappa shape index (κ2) is 6.67. The molecule has 1 heterocycles. The van der Waals surface area contributed by atoms with Gasteiger partial charge in [-0.2, -0.15) is 0 Å². The fourth-order valence-corrected chi connectivity index (χ4v) is 3.76. The zero-order valence-corrected chi connectivity index (χ0v) is 13.8. The Bertz CT molecular complexity index is 769. The van der Waals surface area contributed by atoms with Gasteiger partial charge in [0.25, 0.3) is 0 Å². The highest BCUT2D eigenvalue weighted by Crippen LogP contribution is 2.38. The summed E-state index contributed by atoms with van der Waals surface area (Å²) in [6.07, 6.45) is 0.573. The van der Waals surface area contributed by atoms with Gasteiger partial charge in [-0.3, -0.25) is 0 Å². The molecule has 1 atom stereocenters. The maximum absolute atomic E-state index is 14.0. The maximum Gasteiger partial charge on any atom is 0.138 e. The number of ether oxygens (including phenoxy) is 1. The minimum absolute atomic E-state index is 0.130. The molecule has 3 rings (SSSR count). The average molecular weight is 335 g/mol. The first-order valence-corrected chi connectivity index (χ1v) is 8.56. The maximum atomic E-state index is 14.0. The van der Waals surface area contributed by atoms with Crippen molar-refractivity contribution < 1.29 is 9.13 Å². The lowest BCUT2D eigenvalue weighted by atomic mass is 10.1. The van der Waals surface area contributed by atoms with Gasteiger partial charge < -0.3 is 4.74 Å². The van der Waals surface area contributed by atoms with Crippen LogP contribution in [0.1, 0.15) is 23.7 Å². The lowest BCUT2D eigenvalue weighted by Crippen LogP contribution is -2.08. The van der Waals surface area contributed by atoms with Gasteiger partial charge in [0.2, 0.25) is 0 Å². The van der Waals surface area contributed by atoms with Crippen LogP contribution in [0.5, 0.6) is 5.75 Å². The summed E-state index contributed by atoms with van der Waals surface area (Å²) in [5, 5.41) is 2.61. The van der Waals surface area contributed by atoms with E-state index < -0.39 is 0 Å². The predicted molar refractivity (Wildman–Crippen MR) is 91.7 cm³/mol. The van der Waals surface area contributed by atoms with Gasteiger partial charge in [-0.1, -0.05) is 30.3 Å².